The molecule has 0 bridgehead atoms. The van der Waals surface area contributed by atoms with Crippen molar-refractivity contribution in [3.05, 3.63) is 18.2 Å². The summed E-state index contributed by atoms with van der Waals surface area (Å²) < 4.78 is 32.0. The van der Waals surface area contributed by atoms with Gasteiger partial charge in [0.2, 0.25) is 10.0 Å². The summed E-state index contributed by atoms with van der Waals surface area (Å²) in [5.41, 5.74) is 0.741. The number of carboxylic acid groups (broad SMARTS) is 1. The Morgan fingerprint density at radius 2 is 2.24 bits per heavy atom. The van der Waals surface area contributed by atoms with E-state index in [2.05, 4.69) is 4.72 Å². The van der Waals surface area contributed by atoms with Crippen molar-refractivity contribution in [1.29, 1.82) is 0 Å². The number of ether oxygens (including phenoxy) is 1. The van der Waals surface area contributed by atoms with Crippen molar-refractivity contribution in [3.8, 4) is 5.75 Å². The SMILES string of the molecule is CCN1CCOc2ccc(S(=O)(=O)NCCC(=O)O)cc21. The van der Waals surface area contributed by atoms with Gasteiger partial charge in [0.1, 0.15) is 12.4 Å². The third-order valence-corrected chi connectivity index (χ3v) is 4.67. The van der Waals surface area contributed by atoms with Crippen LogP contribution in [0.4, 0.5) is 5.69 Å². The number of hydrogen-bond acceptors (Lipinski definition) is 5. The molecule has 1 aromatic rings. The second kappa shape index (κ2) is 6.31. The van der Waals surface area contributed by atoms with Crippen LogP contribution >= 0.6 is 0 Å². The van der Waals surface area contributed by atoms with Crippen molar-refractivity contribution in [2.75, 3.05) is 31.1 Å². The van der Waals surface area contributed by atoms with Crippen molar-refractivity contribution in [1.82, 2.24) is 4.72 Å². The van der Waals surface area contributed by atoms with E-state index in [9.17, 15) is 13.2 Å². The lowest BCUT2D eigenvalue weighted by atomic mass is 10.2. The first kappa shape index (κ1) is 15.6. The number of nitrogens with zero attached hydrogens (tertiary/aromatic N) is 1. The number of rotatable bonds is 6. The van der Waals surface area contributed by atoms with Gasteiger partial charge in [-0.3, -0.25) is 4.79 Å². The Kier molecular flexibility index (Phi) is 4.69. The number of likely N-dealkylation sites (N-methyl/N-ethyl adjacent to an activating group) is 1. The molecular weight excluding hydrogens is 296 g/mol. The molecule has 0 spiro atoms. The Morgan fingerprint density at radius 3 is 2.90 bits per heavy atom. The van der Waals surface area contributed by atoms with Crippen molar-refractivity contribution in [2.24, 2.45) is 0 Å². The van der Waals surface area contributed by atoms with E-state index < -0.39 is 16.0 Å². The van der Waals surface area contributed by atoms with Crippen LogP contribution in [0.3, 0.4) is 0 Å². The molecule has 21 heavy (non-hydrogen) atoms. The van der Waals surface area contributed by atoms with E-state index in [1.54, 1.807) is 12.1 Å². The smallest absolute Gasteiger partial charge is 0.304 e. The first-order valence-electron chi connectivity index (χ1n) is 6.67. The van der Waals surface area contributed by atoms with E-state index in [0.29, 0.717) is 18.9 Å². The predicted molar refractivity (Wildman–Crippen MR) is 77.3 cm³/mol. The number of nitrogens with one attached hydrogen (secondary N) is 1. The van der Waals surface area contributed by atoms with Gasteiger partial charge >= 0.3 is 5.97 Å². The summed E-state index contributed by atoms with van der Waals surface area (Å²) in [6, 6.07) is 4.64. The van der Waals surface area contributed by atoms with Crippen LogP contribution in [-0.4, -0.2) is 45.7 Å². The molecule has 0 saturated carbocycles. The van der Waals surface area contributed by atoms with Crippen molar-refractivity contribution >= 4 is 21.7 Å². The monoisotopic (exact) mass is 314 g/mol. The van der Waals surface area contributed by atoms with E-state index in [4.69, 9.17) is 9.84 Å². The number of sulfonamides is 1. The van der Waals surface area contributed by atoms with Crippen LogP contribution in [0.25, 0.3) is 0 Å². The van der Waals surface area contributed by atoms with Gasteiger partial charge < -0.3 is 14.7 Å². The van der Waals surface area contributed by atoms with Gasteiger partial charge in [-0.25, -0.2) is 13.1 Å². The van der Waals surface area contributed by atoms with E-state index in [1.807, 2.05) is 11.8 Å². The van der Waals surface area contributed by atoms with Crippen molar-refractivity contribution < 1.29 is 23.1 Å². The van der Waals surface area contributed by atoms with Crippen molar-refractivity contribution in [2.45, 2.75) is 18.2 Å². The number of anilines is 1. The van der Waals surface area contributed by atoms with Gasteiger partial charge in [0, 0.05) is 13.1 Å². The average molecular weight is 314 g/mol. The fourth-order valence-electron chi connectivity index (χ4n) is 2.12. The minimum Gasteiger partial charge on any atom is -0.490 e. The molecule has 0 radical (unpaired) electrons. The molecule has 1 aliphatic heterocycles. The molecule has 2 N–H and O–H groups in total. The topological polar surface area (TPSA) is 95.9 Å². The summed E-state index contributed by atoms with van der Waals surface area (Å²) in [5.74, 6) is -0.388. The minimum absolute atomic E-state index is 0.107. The lowest BCUT2D eigenvalue weighted by Crippen LogP contribution is -2.33. The molecule has 7 nitrogen and oxygen atoms in total. The highest BCUT2D eigenvalue weighted by Crippen LogP contribution is 2.33. The highest BCUT2D eigenvalue weighted by atomic mass is 32.2. The van der Waals surface area contributed by atoms with Crippen LogP contribution in [0.5, 0.6) is 5.75 Å². The van der Waals surface area contributed by atoms with Gasteiger partial charge in [-0.1, -0.05) is 0 Å². The van der Waals surface area contributed by atoms with E-state index in [1.165, 1.54) is 6.07 Å². The minimum atomic E-state index is -3.72. The molecule has 0 fully saturated rings. The number of hydrogen-bond donors (Lipinski definition) is 2. The molecular formula is C13H18N2O5S. The Balaban J connectivity index is 2.22. The number of fused-ring (bicyclic) bond motifs is 1. The number of aliphatic carboxylic acids is 1. The molecule has 0 aliphatic carbocycles. The average Bonchev–Trinajstić information content (AvgIpc) is 2.45. The van der Waals surface area contributed by atoms with Crippen LogP contribution in [0, 0.1) is 0 Å². The molecule has 8 heteroatoms. The van der Waals surface area contributed by atoms with Gasteiger partial charge in [0.15, 0.2) is 0 Å². The third kappa shape index (κ3) is 3.64. The summed E-state index contributed by atoms with van der Waals surface area (Å²) >= 11 is 0. The highest BCUT2D eigenvalue weighted by Gasteiger charge is 2.21. The number of carbonyl (C=O) groups is 1. The Morgan fingerprint density at radius 1 is 1.48 bits per heavy atom. The highest BCUT2D eigenvalue weighted by molar-refractivity contribution is 7.89. The molecule has 0 atom stereocenters. The molecule has 0 aromatic heterocycles. The quantitative estimate of drug-likeness (QED) is 0.801. The standard InChI is InChI=1S/C13H18N2O5S/c1-2-15-7-8-20-12-4-3-10(9-11(12)15)21(18,19)14-6-5-13(16)17/h3-4,9,14H,2,5-8H2,1H3,(H,16,17). The first-order chi connectivity index (χ1) is 9.94. The van der Waals surface area contributed by atoms with E-state index in [-0.39, 0.29) is 17.9 Å². The van der Waals surface area contributed by atoms with Gasteiger partial charge in [-0.2, -0.15) is 0 Å². The van der Waals surface area contributed by atoms with Crippen LogP contribution in [0.15, 0.2) is 23.1 Å². The van der Waals surface area contributed by atoms with Crippen molar-refractivity contribution in [3.63, 3.8) is 0 Å². The third-order valence-electron chi connectivity index (χ3n) is 3.21. The normalized spacial score (nSPS) is 14.4. The summed E-state index contributed by atoms with van der Waals surface area (Å²) in [4.78, 5) is 12.6. The second-order valence-corrected chi connectivity index (χ2v) is 6.37. The zero-order valence-electron chi connectivity index (χ0n) is 11.7. The first-order valence-corrected chi connectivity index (χ1v) is 8.15. The van der Waals surface area contributed by atoms with Crippen LogP contribution in [0.1, 0.15) is 13.3 Å². The van der Waals surface area contributed by atoms with Gasteiger partial charge in [-0.15, -0.1) is 0 Å². The zero-order valence-corrected chi connectivity index (χ0v) is 12.5. The number of carboxylic acids is 1. The Hall–Kier alpha value is -1.80. The summed E-state index contributed by atoms with van der Waals surface area (Å²) in [5, 5.41) is 8.55. The van der Waals surface area contributed by atoms with Crippen LogP contribution < -0.4 is 14.4 Å². The maximum absolute atomic E-state index is 12.1. The fraction of sp³-hybridized carbons (Fsp3) is 0.462. The van der Waals surface area contributed by atoms with E-state index >= 15 is 0 Å². The maximum Gasteiger partial charge on any atom is 0.304 e. The molecule has 1 aromatic carbocycles. The zero-order chi connectivity index (χ0) is 15.5. The molecule has 2 rings (SSSR count). The van der Waals surface area contributed by atoms with Gasteiger partial charge in [0.25, 0.3) is 0 Å². The van der Waals surface area contributed by atoms with E-state index in [0.717, 1.165) is 12.2 Å². The molecule has 0 saturated heterocycles. The molecule has 116 valence electrons. The summed E-state index contributed by atoms with van der Waals surface area (Å²) in [7, 11) is -3.72. The summed E-state index contributed by atoms with van der Waals surface area (Å²) in [6.07, 6.45) is -0.256. The largest absolute Gasteiger partial charge is 0.490 e. The predicted octanol–water partition coefficient (Wildman–Crippen LogP) is 0.658. The van der Waals surface area contributed by atoms with Gasteiger partial charge in [0.05, 0.1) is 23.5 Å². The van der Waals surface area contributed by atoms with Crippen LogP contribution in [0.2, 0.25) is 0 Å². The Labute approximate surface area is 123 Å². The number of benzene rings is 1. The fourth-order valence-corrected chi connectivity index (χ4v) is 3.18. The molecule has 0 amide bonds. The maximum atomic E-state index is 12.1. The lowest BCUT2D eigenvalue weighted by molar-refractivity contribution is -0.136. The lowest BCUT2D eigenvalue weighted by Gasteiger charge is -2.30. The molecule has 1 aliphatic rings. The summed E-state index contributed by atoms with van der Waals surface area (Å²) in [6.45, 7) is 3.89. The van der Waals surface area contributed by atoms with Gasteiger partial charge in [-0.05, 0) is 25.1 Å². The molecule has 0 unspecified atom stereocenters. The Bertz CT molecular complexity index is 629. The van der Waals surface area contributed by atoms with Crippen LogP contribution in [-0.2, 0) is 14.8 Å². The second-order valence-electron chi connectivity index (χ2n) is 4.60. The molecule has 1 heterocycles.